The molecule has 1 amide bonds. The highest BCUT2D eigenvalue weighted by Crippen LogP contribution is 2.23. The van der Waals surface area contributed by atoms with Gasteiger partial charge >= 0.3 is 0 Å². The average Bonchev–Trinajstić information content (AvgIpc) is 2.44. The number of carbonyl (C=O) groups excluding carboxylic acids is 1. The lowest BCUT2D eigenvalue weighted by molar-refractivity contribution is -0.133. The van der Waals surface area contributed by atoms with Crippen LogP contribution in [0.2, 0.25) is 5.02 Å². The van der Waals surface area contributed by atoms with Gasteiger partial charge in [-0.3, -0.25) is 4.79 Å². The van der Waals surface area contributed by atoms with Crippen LogP contribution in [0.1, 0.15) is 32.8 Å². The van der Waals surface area contributed by atoms with Crippen molar-refractivity contribution in [3.05, 3.63) is 34.9 Å². The predicted molar refractivity (Wildman–Crippen MR) is 93.1 cm³/mol. The van der Waals surface area contributed by atoms with Gasteiger partial charge in [-0.05, 0) is 42.9 Å². The number of halogens is 1. The fourth-order valence-electron chi connectivity index (χ4n) is 3.24. The third-order valence-electron chi connectivity index (χ3n) is 4.32. The number of benzene rings is 1. The molecule has 2 rings (SSSR count). The predicted octanol–water partition coefficient (Wildman–Crippen LogP) is 3.15. The Bertz CT molecular complexity index is 664. The fraction of sp³-hybridized carbons (Fsp3) is 0.588. The van der Waals surface area contributed by atoms with E-state index in [2.05, 4.69) is 13.8 Å². The van der Waals surface area contributed by atoms with Crippen LogP contribution in [0.3, 0.4) is 0 Å². The Kier molecular flexibility index (Phi) is 5.74. The molecule has 1 saturated heterocycles. The van der Waals surface area contributed by atoms with E-state index in [0.717, 1.165) is 6.42 Å². The summed E-state index contributed by atoms with van der Waals surface area (Å²) in [7, 11) is -3.56. The van der Waals surface area contributed by atoms with E-state index in [1.54, 1.807) is 29.2 Å². The summed E-state index contributed by atoms with van der Waals surface area (Å²) in [6.07, 6.45) is 1.08. The standard InChI is InChI=1S/C17H24ClNO3S/c1-12-7-13(2)10-19(9-12)17(20)14(3)23(21,22)11-15-5-4-6-16(18)8-15/h4-6,8,12-14H,7,9-11H2,1-3H3/t12-,13-,14+/m1/s1. The Labute approximate surface area is 143 Å². The number of rotatable bonds is 4. The summed E-state index contributed by atoms with van der Waals surface area (Å²) in [6.45, 7) is 6.97. The molecule has 1 aromatic carbocycles. The average molecular weight is 358 g/mol. The number of likely N-dealkylation sites (tertiary alicyclic amines) is 1. The van der Waals surface area contributed by atoms with Crippen LogP contribution in [0.15, 0.2) is 24.3 Å². The molecule has 1 heterocycles. The summed E-state index contributed by atoms with van der Waals surface area (Å²) in [5, 5.41) is -0.533. The summed E-state index contributed by atoms with van der Waals surface area (Å²) in [5.74, 6) is 0.362. The fourth-order valence-corrected chi connectivity index (χ4v) is 4.80. The molecule has 0 radical (unpaired) electrons. The largest absolute Gasteiger partial charge is 0.341 e. The van der Waals surface area contributed by atoms with Crippen LogP contribution in [0.25, 0.3) is 0 Å². The molecule has 128 valence electrons. The third kappa shape index (κ3) is 4.70. The van der Waals surface area contributed by atoms with Gasteiger partial charge in [-0.1, -0.05) is 37.6 Å². The molecule has 0 aliphatic carbocycles. The van der Waals surface area contributed by atoms with Crippen LogP contribution in [0.4, 0.5) is 0 Å². The molecule has 0 unspecified atom stereocenters. The second-order valence-corrected chi connectivity index (χ2v) is 9.53. The van der Waals surface area contributed by atoms with Crippen LogP contribution in [0.5, 0.6) is 0 Å². The van der Waals surface area contributed by atoms with Crippen molar-refractivity contribution in [2.75, 3.05) is 13.1 Å². The summed E-state index contributed by atoms with van der Waals surface area (Å²) < 4.78 is 25.1. The molecule has 23 heavy (non-hydrogen) atoms. The van der Waals surface area contributed by atoms with Crippen LogP contribution >= 0.6 is 11.6 Å². The van der Waals surface area contributed by atoms with Gasteiger partial charge in [-0.25, -0.2) is 8.42 Å². The first-order valence-electron chi connectivity index (χ1n) is 7.94. The van der Waals surface area contributed by atoms with Crippen LogP contribution in [-0.4, -0.2) is 37.6 Å². The quantitative estimate of drug-likeness (QED) is 0.831. The normalized spacial score (nSPS) is 23.6. The number of sulfone groups is 1. The molecule has 0 aromatic heterocycles. The van der Waals surface area contributed by atoms with E-state index < -0.39 is 15.1 Å². The molecule has 1 aliphatic rings. The first-order chi connectivity index (χ1) is 10.7. The van der Waals surface area contributed by atoms with Gasteiger partial charge in [-0.15, -0.1) is 0 Å². The third-order valence-corrected chi connectivity index (χ3v) is 6.57. The smallest absolute Gasteiger partial charge is 0.240 e. The van der Waals surface area contributed by atoms with E-state index in [0.29, 0.717) is 35.5 Å². The second kappa shape index (κ2) is 7.22. The summed E-state index contributed by atoms with van der Waals surface area (Å²) in [5.41, 5.74) is 0.609. The lowest BCUT2D eigenvalue weighted by Gasteiger charge is -2.36. The minimum atomic E-state index is -3.56. The van der Waals surface area contributed by atoms with Crippen molar-refractivity contribution in [2.45, 2.75) is 38.2 Å². The van der Waals surface area contributed by atoms with E-state index in [9.17, 15) is 13.2 Å². The van der Waals surface area contributed by atoms with Gasteiger partial charge in [-0.2, -0.15) is 0 Å². The maximum Gasteiger partial charge on any atom is 0.240 e. The first-order valence-corrected chi connectivity index (χ1v) is 10.0. The Balaban J connectivity index is 2.11. The Morgan fingerprint density at radius 2 is 1.91 bits per heavy atom. The van der Waals surface area contributed by atoms with Gasteiger partial charge < -0.3 is 4.90 Å². The van der Waals surface area contributed by atoms with Crippen molar-refractivity contribution < 1.29 is 13.2 Å². The van der Waals surface area contributed by atoms with Gasteiger partial charge in [0.15, 0.2) is 9.84 Å². The van der Waals surface area contributed by atoms with E-state index >= 15 is 0 Å². The highest BCUT2D eigenvalue weighted by molar-refractivity contribution is 7.92. The zero-order valence-corrected chi connectivity index (χ0v) is 15.4. The lowest BCUT2D eigenvalue weighted by Crippen LogP contribution is -2.48. The zero-order chi connectivity index (χ0) is 17.2. The molecule has 0 N–H and O–H groups in total. The Morgan fingerprint density at radius 1 is 1.30 bits per heavy atom. The molecule has 6 heteroatoms. The van der Waals surface area contributed by atoms with Gasteiger partial charge in [0.25, 0.3) is 0 Å². The van der Waals surface area contributed by atoms with Crippen molar-refractivity contribution in [1.82, 2.24) is 4.90 Å². The van der Waals surface area contributed by atoms with Crippen LogP contribution in [-0.2, 0) is 20.4 Å². The number of hydrogen-bond acceptors (Lipinski definition) is 3. The Hall–Kier alpha value is -1.07. The topological polar surface area (TPSA) is 54.5 Å². The summed E-state index contributed by atoms with van der Waals surface area (Å²) >= 11 is 5.90. The number of piperidine rings is 1. The first kappa shape index (κ1) is 18.3. The van der Waals surface area contributed by atoms with Gasteiger partial charge in [0.1, 0.15) is 5.25 Å². The maximum atomic E-state index is 12.6. The summed E-state index contributed by atoms with van der Waals surface area (Å²) in [6, 6.07) is 6.75. The number of amides is 1. The molecule has 3 atom stereocenters. The minimum Gasteiger partial charge on any atom is -0.341 e. The monoisotopic (exact) mass is 357 g/mol. The highest BCUT2D eigenvalue weighted by Gasteiger charge is 2.34. The minimum absolute atomic E-state index is 0.167. The number of hydrogen-bond donors (Lipinski definition) is 0. The van der Waals surface area contributed by atoms with Gasteiger partial charge in [0.2, 0.25) is 5.91 Å². The second-order valence-electron chi connectivity index (χ2n) is 6.77. The lowest BCUT2D eigenvalue weighted by atomic mass is 9.92. The van der Waals surface area contributed by atoms with Crippen molar-refractivity contribution in [3.8, 4) is 0 Å². The molecule has 0 saturated carbocycles. The Morgan fingerprint density at radius 3 is 2.48 bits per heavy atom. The van der Waals surface area contributed by atoms with E-state index in [1.165, 1.54) is 6.92 Å². The molecule has 0 spiro atoms. The van der Waals surface area contributed by atoms with E-state index in [1.807, 2.05) is 0 Å². The number of carbonyl (C=O) groups is 1. The van der Waals surface area contributed by atoms with E-state index in [4.69, 9.17) is 11.6 Å². The van der Waals surface area contributed by atoms with Crippen molar-refractivity contribution >= 4 is 27.3 Å². The molecule has 1 aliphatic heterocycles. The molecular weight excluding hydrogens is 334 g/mol. The van der Waals surface area contributed by atoms with Crippen LogP contribution in [0, 0.1) is 11.8 Å². The van der Waals surface area contributed by atoms with Gasteiger partial charge in [0, 0.05) is 18.1 Å². The molecule has 0 bridgehead atoms. The molecule has 1 fully saturated rings. The van der Waals surface area contributed by atoms with Gasteiger partial charge in [0.05, 0.1) is 5.75 Å². The van der Waals surface area contributed by atoms with Crippen LogP contribution < -0.4 is 0 Å². The van der Waals surface area contributed by atoms with Crippen molar-refractivity contribution in [3.63, 3.8) is 0 Å². The van der Waals surface area contributed by atoms with Crippen molar-refractivity contribution in [2.24, 2.45) is 11.8 Å². The molecule has 1 aromatic rings. The number of nitrogens with zero attached hydrogens (tertiary/aromatic N) is 1. The molecular formula is C17H24ClNO3S. The van der Waals surface area contributed by atoms with E-state index in [-0.39, 0.29) is 11.7 Å². The summed E-state index contributed by atoms with van der Waals surface area (Å²) in [4.78, 5) is 14.3. The SMILES string of the molecule is C[C@@H]1C[C@@H](C)CN(C(=O)[C@H](C)S(=O)(=O)Cc2cccc(Cl)c2)C1. The maximum absolute atomic E-state index is 12.6. The molecule has 4 nitrogen and oxygen atoms in total. The zero-order valence-electron chi connectivity index (χ0n) is 13.8. The highest BCUT2D eigenvalue weighted by atomic mass is 35.5. The van der Waals surface area contributed by atoms with Crippen molar-refractivity contribution in [1.29, 1.82) is 0 Å².